The van der Waals surface area contributed by atoms with Gasteiger partial charge in [0.2, 0.25) is 0 Å². The average molecular weight is 599 g/mol. The van der Waals surface area contributed by atoms with E-state index < -0.39 is 29.5 Å². The van der Waals surface area contributed by atoms with Crippen LogP contribution >= 0.6 is 0 Å². The number of nitrogens with zero attached hydrogens (tertiary/aromatic N) is 4. The van der Waals surface area contributed by atoms with Crippen molar-refractivity contribution < 1.29 is 32.6 Å². The number of aromatic nitrogens is 3. The van der Waals surface area contributed by atoms with Crippen LogP contribution in [0.4, 0.5) is 19.0 Å². The molecule has 4 aliphatic rings. The van der Waals surface area contributed by atoms with Crippen molar-refractivity contribution in [1.29, 1.82) is 0 Å². The zero-order valence-corrected chi connectivity index (χ0v) is 23.7. The number of carbonyl (C=O) groups is 2. The third-order valence-electron chi connectivity index (χ3n) is 9.64. The van der Waals surface area contributed by atoms with E-state index in [1.54, 1.807) is 17.0 Å². The van der Waals surface area contributed by atoms with Gasteiger partial charge in [-0.05, 0) is 93.9 Å². The Morgan fingerprint density at radius 1 is 1.19 bits per heavy atom. The van der Waals surface area contributed by atoms with E-state index in [-0.39, 0.29) is 52.8 Å². The molecule has 1 atom stereocenters. The van der Waals surface area contributed by atoms with Crippen LogP contribution in [0, 0.1) is 11.8 Å². The lowest BCUT2D eigenvalue weighted by atomic mass is 9.81. The van der Waals surface area contributed by atoms with Gasteiger partial charge in [-0.3, -0.25) is 9.59 Å². The van der Waals surface area contributed by atoms with Crippen LogP contribution in [-0.2, 0) is 6.54 Å². The highest BCUT2D eigenvalue weighted by Gasteiger charge is 2.48. The topological polar surface area (TPSA) is 135 Å². The van der Waals surface area contributed by atoms with Crippen LogP contribution < -0.4 is 15.8 Å². The first-order valence-electron chi connectivity index (χ1n) is 14.8. The molecule has 13 heteroatoms. The number of nitrogens with two attached hydrogens (primary N) is 1. The van der Waals surface area contributed by atoms with Crippen molar-refractivity contribution in [3.8, 4) is 17.0 Å². The molecule has 0 radical (unpaired) electrons. The summed E-state index contributed by atoms with van der Waals surface area (Å²) < 4.78 is 46.1. The number of benzene rings is 1. The Hall–Kier alpha value is -3.87. The quantitative estimate of drug-likeness (QED) is 0.366. The number of fused-ring (bicyclic) bond motifs is 2. The fourth-order valence-electron chi connectivity index (χ4n) is 6.85. The molecule has 3 fully saturated rings. The Morgan fingerprint density at radius 3 is 2.56 bits per heavy atom. The van der Waals surface area contributed by atoms with Crippen molar-refractivity contribution in [2.24, 2.45) is 11.8 Å². The molecule has 10 nitrogen and oxygen atoms in total. The van der Waals surface area contributed by atoms with E-state index in [1.165, 1.54) is 16.8 Å². The van der Waals surface area contributed by atoms with Gasteiger partial charge in [0, 0.05) is 30.4 Å². The molecule has 3 aliphatic carbocycles. The van der Waals surface area contributed by atoms with Crippen molar-refractivity contribution in [3.05, 3.63) is 41.1 Å². The van der Waals surface area contributed by atoms with Crippen LogP contribution in [0.1, 0.15) is 84.6 Å². The predicted octanol–water partition coefficient (Wildman–Crippen LogP) is 4.44. The molecule has 2 amide bonds. The summed E-state index contributed by atoms with van der Waals surface area (Å²) in [5.41, 5.74) is 6.75. The van der Waals surface area contributed by atoms with Gasteiger partial charge in [0.25, 0.3) is 11.8 Å². The molecule has 2 aromatic heterocycles. The Balaban J connectivity index is 1.19. The first-order chi connectivity index (χ1) is 20.4. The van der Waals surface area contributed by atoms with Gasteiger partial charge in [-0.15, -0.1) is 18.3 Å². The number of aliphatic hydroxyl groups is 1. The van der Waals surface area contributed by atoms with Gasteiger partial charge in [-0.2, -0.15) is 0 Å². The molecule has 1 aromatic carbocycles. The second-order valence-corrected chi connectivity index (χ2v) is 12.5. The Morgan fingerprint density at radius 2 is 1.91 bits per heavy atom. The van der Waals surface area contributed by atoms with E-state index in [0.29, 0.717) is 17.0 Å². The monoisotopic (exact) mass is 598 g/mol. The van der Waals surface area contributed by atoms with Gasteiger partial charge in [-0.25, -0.2) is 9.50 Å². The second kappa shape index (κ2) is 9.83. The number of hydrogen-bond donors (Lipinski definition) is 3. The van der Waals surface area contributed by atoms with Crippen LogP contribution in [0.25, 0.3) is 16.9 Å². The highest BCUT2D eigenvalue weighted by molar-refractivity contribution is 6.05. The number of ether oxygens (including phenoxy) is 1. The zero-order valence-electron chi connectivity index (χ0n) is 23.7. The summed E-state index contributed by atoms with van der Waals surface area (Å²) in [7, 11) is 0. The van der Waals surface area contributed by atoms with Gasteiger partial charge in [0.15, 0.2) is 11.5 Å². The fourth-order valence-corrected chi connectivity index (χ4v) is 6.85. The third kappa shape index (κ3) is 5.17. The maximum Gasteiger partial charge on any atom is 0.573 e. The zero-order chi connectivity index (χ0) is 30.3. The van der Waals surface area contributed by atoms with E-state index in [0.717, 1.165) is 51.4 Å². The maximum absolute atomic E-state index is 13.4. The van der Waals surface area contributed by atoms with Crippen LogP contribution in [0.5, 0.6) is 5.75 Å². The lowest BCUT2D eigenvalue weighted by molar-refractivity contribution is -0.274. The first kappa shape index (κ1) is 27.9. The molecular formula is C30H33F3N6O4. The number of amides is 2. The highest BCUT2D eigenvalue weighted by atomic mass is 19.4. The van der Waals surface area contributed by atoms with Crippen LogP contribution in [0.2, 0.25) is 0 Å². The first-order valence-corrected chi connectivity index (χ1v) is 14.8. The number of rotatable bonds is 7. The summed E-state index contributed by atoms with van der Waals surface area (Å²) in [6.07, 6.45) is 3.31. The molecule has 7 rings (SSSR count). The number of nitrogens with one attached hydrogen (secondary N) is 1. The number of nitrogen functional groups attached to an aromatic ring is 1. The van der Waals surface area contributed by atoms with Gasteiger partial charge in [0.05, 0.1) is 16.9 Å². The number of carbonyl (C=O) groups excluding carboxylic acids is 2. The van der Waals surface area contributed by atoms with Gasteiger partial charge < -0.3 is 25.8 Å². The molecule has 3 saturated carbocycles. The summed E-state index contributed by atoms with van der Waals surface area (Å²) in [5, 5.41) is 17.7. The van der Waals surface area contributed by atoms with Crippen molar-refractivity contribution in [1.82, 2.24) is 24.8 Å². The minimum absolute atomic E-state index is 0.0199. The number of halogens is 3. The largest absolute Gasteiger partial charge is 0.573 e. The lowest BCUT2D eigenvalue weighted by Gasteiger charge is -2.32. The molecule has 1 aliphatic heterocycles. The summed E-state index contributed by atoms with van der Waals surface area (Å²) in [6.45, 7) is 2.09. The van der Waals surface area contributed by atoms with Crippen LogP contribution in [0.15, 0.2) is 24.4 Å². The number of hydrogen-bond acceptors (Lipinski definition) is 7. The van der Waals surface area contributed by atoms with E-state index >= 15 is 0 Å². The minimum Gasteiger partial charge on any atom is -0.405 e. The molecular weight excluding hydrogens is 565 g/mol. The molecule has 0 unspecified atom stereocenters. The van der Waals surface area contributed by atoms with E-state index in [1.807, 2.05) is 6.92 Å². The molecule has 0 spiro atoms. The standard InChI is InChI=1S/C30H33F3N6O4/c1-15(16-2-3-16)38-14-18-12-17(13-22(23(18)28(38)41)43-30(31,32)33)21-8-11-39-26(36-21)24(25(34)37-39)27(40)35-20-6-4-19(5-7-20)29(42)9-10-29/h8,11-13,15-16,19-20,42H,2-7,9-10,14H2,1H3,(H2,34,37)(H,35,40)/t15-,19-,20-/m0/s1. The summed E-state index contributed by atoms with van der Waals surface area (Å²) >= 11 is 0. The molecule has 4 N–H and O–H groups in total. The third-order valence-corrected chi connectivity index (χ3v) is 9.64. The van der Waals surface area contributed by atoms with Crippen LogP contribution in [-0.4, -0.2) is 60.5 Å². The molecule has 3 aromatic rings. The van der Waals surface area contributed by atoms with Crippen molar-refractivity contribution in [3.63, 3.8) is 0 Å². The molecule has 3 heterocycles. The number of alkyl halides is 3. The highest BCUT2D eigenvalue weighted by Crippen LogP contribution is 2.48. The molecule has 0 saturated heterocycles. The van der Waals surface area contributed by atoms with Crippen molar-refractivity contribution >= 4 is 23.3 Å². The average Bonchev–Trinajstić information content (AvgIpc) is 3.87. The van der Waals surface area contributed by atoms with Crippen molar-refractivity contribution in [2.75, 3.05) is 5.73 Å². The van der Waals surface area contributed by atoms with Gasteiger partial charge >= 0.3 is 6.36 Å². The SMILES string of the molecule is C[C@@H](C1CC1)N1Cc2cc(-c3ccn4nc(N)c(C(=O)N[C@H]5CC[C@H](C6(O)CC6)CC5)c4n3)cc(OC(F)(F)F)c2C1=O. The molecule has 0 bridgehead atoms. The van der Waals surface area contributed by atoms with Gasteiger partial charge in [0.1, 0.15) is 11.3 Å². The van der Waals surface area contributed by atoms with E-state index in [2.05, 4.69) is 20.1 Å². The lowest BCUT2D eigenvalue weighted by Crippen LogP contribution is -2.40. The molecule has 228 valence electrons. The van der Waals surface area contributed by atoms with Gasteiger partial charge in [-0.1, -0.05) is 0 Å². The predicted molar refractivity (Wildman–Crippen MR) is 149 cm³/mol. The summed E-state index contributed by atoms with van der Waals surface area (Å²) in [4.78, 5) is 32.8. The Labute approximate surface area is 245 Å². The number of anilines is 1. The maximum atomic E-state index is 13.4. The Kier molecular flexibility index (Phi) is 6.39. The Bertz CT molecular complexity index is 1620. The van der Waals surface area contributed by atoms with Crippen molar-refractivity contribution in [2.45, 2.75) is 88.9 Å². The van der Waals surface area contributed by atoms with Crippen LogP contribution in [0.3, 0.4) is 0 Å². The summed E-state index contributed by atoms with van der Waals surface area (Å²) in [6, 6.07) is 4.20. The minimum atomic E-state index is -5.00. The van der Waals surface area contributed by atoms with E-state index in [9.17, 15) is 27.9 Å². The summed E-state index contributed by atoms with van der Waals surface area (Å²) in [5.74, 6) is -0.916. The smallest absolute Gasteiger partial charge is 0.405 e. The molecule has 43 heavy (non-hydrogen) atoms. The normalized spacial score (nSPS) is 23.7. The fraction of sp³-hybridized carbons (Fsp3) is 0.533. The second-order valence-electron chi connectivity index (χ2n) is 12.5. The van der Waals surface area contributed by atoms with E-state index in [4.69, 9.17) is 5.73 Å².